The van der Waals surface area contributed by atoms with Gasteiger partial charge in [-0.2, -0.15) is 0 Å². The van der Waals surface area contributed by atoms with Crippen LogP contribution in [0.25, 0.3) is 150 Å². The van der Waals surface area contributed by atoms with E-state index in [1.165, 1.54) is 50.4 Å². The number of furan rings is 3. The van der Waals surface area contributed by atoms with E-state index in [4.69, 9.17) is 28.2 Å². The van der Waals surface area contributed by atoms with E-state index in [0.717, 1.165) is 133 Å². The monoisotopic (exact) mass is 1520 g/mol. The van der Waals surface area contributed by atoms with Gasteiger partial charge in [-0.25, -0.2) is 0 Å². The topological polar surface area (TPSA) is 92.9 Å². The van der Waals surface area contributed by atoms with Gasteiger partial charge in [-0.1, -0.05) is 262 Å². The van der Waals surface area contributed by atoms with Crippen molar-refractivity contribution in [1.82, 2.24) is 28.7 Å². The zero-order valence-electron chi connectivity index (χ0n) is 60.2. The van der Waals surface area contributed by atoms with Gasteiger partial charge in [-0.3, -0.25) is 15.0 Å². The minimum atomic E-state index is 0. The van der Waals surface area contributed by atoms with E-state index in [9.17, 15) is 0 Å². The van der Waals surface area contributed by atoms with Gasteiger partial charge in [-0.05, 0) is 123 Å². The molecule has 0 spiro atoms. The van der Waals surface area contributed by atoms with Gasteiger partial charge in [0.1, 0.15) is 16.7 Å². The minimum absolute atomic E-state index is 0. The fourth-order valence-corrected chi connectivity index (χ4v) is 15.1. The number of para-hydroxylation sites is 12. The van der Waals surface area contributed by atoms with Crippen LogP contribution in [-0.4, -0.2) is 28.7 Å². The molecule has 0 aliphatic heterocycles. The minimum Gasteiger partial charge on any atom is -0.501 e. The molecule has 6 aromatic heterocycles. The van der Waals surface area contributed by atoms with Gasteiger partial charge in [-0.15, -0.1) is 54.6 Å². The summed E-state index contributed by atoms with van der Waals surface area (Å²) in [6.45, 7) is 27.1. The van der Waals surface area contributed by atoms with Crippen LogP contribution in [0.2, 0.25) is 0 Å². The second-order valence-electron chi connectivity index (χ2n) is 28.6. The molecule has 0 saturated carbocycles. The molecular formula is C93H81IrN6O3. The summed E-state index contributed by atoms with van der Waals surface area (Å²) in [7, 11) is 0. The average molecular weight is 1520 g/mol. The molecule has 0 atom stereocenters. The van der Waals surface area contributed by atoms with E-state index in [1.54, 1.807) is 0 Å². The van der Waals surface area contributed by atoms with Gasteiger partial charge in [0.15, 0.2) is 0 Å². The summed E-state index contributed by atoms with van der Waals surface area (Å²) in [4.78, 5) is 15.5. The molecule has 0 bridgehead atoms. The predicted octanol–water partition coefficient (Wildman–Crippen LogP) is 25.9. The number of hydrogen-bond acceptors (Lipinski definition) is 6. The summed E-state index contributed by atoms with van der Waals surface area (Å²) in [5.41, 5.74) is 25.5. The van der Waals surface area contributed by atoms with E-state index in [1.807, 2.05) is 72.8 Å². The first-order valence-corrected chi connectivity index (χ1v) is 35.9. The Morgan fingerprint density at radius 1 is 0.262 bits per heavy atom. The average Bonchev–Trinajstić information content (AvgIpc) is 1.60. The Labute approximate surface area is 614 Å². The van der Waals surface area contributed by atoms with Crippen LogP contribution >= 0.6 is 0 Å². The molecule has 6 heterocycles. The number of benzene rings is 12. The van der Waals surface area contributed by atoms with E-state index < -0.39 is 0 Å². The molecule has 12 aromatic carbocycles. The maximum Gasteiger partial charge on any atom is 3.00 e. The van der Waals surface area contributed by atoms with E-state index in [2.05, 4.69) is 279 Å². The molecule has 18 rings (SSSR count). The SMILES string of the molecule is CC(C)c1cccc(C(C)C)c1-n1c(-c2[c-]ccc3c2oc2ccccc23)nc2ccccc21.CC(C)c1cccc(C(C)C)c1-n1c(-c2[c-]ccc3c2oc2ccccc23)nc2ccccc21.CC(C)c1cccc(C(C)C)c1-n1c(-c2[c-]ccc3c2oc2ccccc23)nc2ccccc21.[Ir+3]. The summed E-state index contributed by atoms with van der Waals surface area (Å²) in [6, 6.07) is 92.4. The Hall–Kier alpha value is -10.9. The van der Waals surface area contributed by atoms with Crippen molar-refractivity contribution in [2.24, 2.45) is 0 Å². The third kappa shape index (κ3) is 11.8. The number of nitrogens with zero attached hydrogens (tertiary/aromatic N) is 6. The third-order valence-corrected chi connectivity index (χ3v) is 20.1. The zero-order chi connectivity index (χ0) is 70.2. The van der Waals surface area contributed by atoms with E-state index in [-0.39, 0.29) is 20.1 Å². The second-order valence-corrected chi connectivity index (χ2v) is 28.6. The van der Waals surface area contributed by atoms with Gasteiger partial charge >= 0.3 is 20.1 Å². The molecule has 0 fully saturated rings. The van der Waals surface area contributed by atoms with Crippen molar-refractivity contribution in [2.75, 3.05) is 0 Å². The molecule has 0 unspecified atom stereocenters. The number of fused-ring (bicyclic) bond motifs is 12. The third-order valence-electron chi connectivity index (χ3n) is 20.1. The molecule has 10 heteroatoms. The first-order chi connectivity index (χ1) is 49.6. The standard InChI is InChI=1S/3C31H27N2O.Ir/c3*1-19(2)21-12-9-13-22(20(3)4)29(21)33-27-17-7-6-16-26(27)32-31(33)25-15-10-14-24-23-11-5-8-18-28(23)34-30(24)25;/h3*5-14,16-20H,1-4H3;/q3*-1;+3. The van der Waals surface area contributed by atoms with Crippen molar-refractivity contribution in [3.63, 3.8) is 0 Å². The molecule has 18 aromatic rings. The van der Waals surface area contributed by atoms with Crippen LogP contribution < -0.4 is 0 Å². The van der Waals surface area contributed by atoms with Crippen LogP contribution in [0.1, 0.15) is 152 Å². The molecule has 0 amide bonds. The summed E-state index contributed by atoms with van der Waals surface area (Å²) >= 11 is 0. The first-order valence-electron chi connectivity index (χ1n) is 35.9. The van der Waals surface area contributed by atoms with Crippen molar-refractivity contribution >= 4 is 98.9 Å². The molecule has 510 valence electrons. The molecule has 0 aliphatic rings. The van der Waals surface area contributed by atoms with Crippen LogP contribution in [0.4, 0.5) is 0 Å². The maximum absolute atomic E-state index is 6.40. The smallest absolute Gasteiger partial charge is 0.501 e. The molecule has 0 N–H and O–H groups in total. The van der Waals surface area contributed by atoms with Crippen molar-refractivity contribution in [1.29, 1.82) is 0 Å². The Kier molecular flexibility index (Phi) is 18.3. The van der Waals surface area contributed by atoms with Crippen molar-refractivity contribution < 1.29 is 33.4 Å². The zero-order valence-corrected chi connectivity index (χ0v) is 62.6. The predicted molar refractivity (Wildman–Crippen MR) is 422 cm³/mol. The summed E-state index contributed by atoms with van der Waals surface area (Å²) in [6.07, 6.45) is 0. The summed E-state index contributed by atoms with van der Waals surface area (Å²) < 4.78 is 26.2. The largest absolute Gasteiger partial charge is 3.00 e. The molecule has 0 saturated heterocycles. The number of imidazole rings is 3. The van der Waals surface area contributed by atoms with Crippen LogP contribution in [0.3, 0.4) is 0 Å². The Morgan fingerprint density at radius 2 is 0.495 bits per heavy atom. The van der Waals surface area contributed by atoms with Crippen molar-refractivity contribution in [3.05, 3.63) is 288 Å². The summed E-state index contributed by atoms with van der Waals surface area (Å²) in [5, 5.41) is 6.60. The quantitative estimate of drug-likeness (QED) is 0.113. The second kappa shape index (κ2) is 27.8. The Balaban J connectivity index is 0.000000124. The van der Waals surface area contributed by atoms with Gasteiger partial charge in [0.25, 0.3) is 0 Å². The van der Waals surface area contributed by atoms with Crippen LogP contribution in [-0.2, 0) is 20.1 Å². The van der Waals surface area contributed by atoms with Crippen molar-refractivity contribution in [3.8, 4) is 51.2 Å². The number of hydrogen-bond donors (Lipinski definition) is 0. The fourth-order valence-electron chi connectivity index (χ4n) is 15.1. The van der Waals surface area contributed by atoms with Gasteiger partial charge in [0.2, 0.25) is 0 Å². The van der Waals surface area contributed by atoms with Gasteiger partial charge in [0.05, 0.1) is 67.3 Å². The van der Waals surface area contributed by atoms with Crippen LogP contribution in [0.5, 0.6) is 0 Å². The van der Waals surface area contributed by atoms with Crippen molar-refractivity contribution in [2.45, 2.75) is 119 Å². The first kappa shape index (κ1) is 67.9. The van der Waals surface area contributed by atoms with Gasteiger partial charge < -0.3 is 27.0 Å². The number of aromatic nitrogens is 6. The molecule has 0 radical (unpaired) electrons. The summed E-state index contributed by atoms with van der Waals surface area (Å²) in [5.74, 6) is 4.80. The van der Waals surface area contributed by atoms with E-state index in [0.29, 0.717) is 35.5 Å². The molecule has 103 heavy (non-hydrogen) atoms. The van der Waals surface area contributed by atoms with Gasteiger partial charge in [0, 0.05) is 33.2 Å². The fraction of sp³-hybridized carbons (Fsp3) is 0.194. The van der Waals surface area contributed by atoms with Crippen LogP contribution in [0.15, 0.2) is 250 Å². The molecular weight excluding hydrogens is 1440 g/mol. The Bertz CT molecular complexity index is 5520. The molecule has 0 aliphatic carbocycles. The maximum atomic E-state index is 6.40. The van der Waals surface area contributed by atoms with Crippen LogP contribution in [0, 0.1) is 18.2 Å². The number of rotatable bonds is 12. The normalized spacial score (nSPS) is 11.9. The molecule has 9 nitrogen and oxygen atoms in total. The Morgan fingerprint density at radius 3 is 0.748 bits per heavy atom. The van der Waals surface area contributed by atoms with E-state index >= 15 is 0 Å².